The number of likely N-dealkylation sites (tertiary alicyclic amines) is 1. The first-order valence-corrected chi connectivity index (χ1v) is 6.11. The second kappa shape index (κ2) is 4.34. The molecule has 2 fully saturated rings. The van der Waals surface area contributed by atoms with Crippen LogP contribution < -0.4 is 5.73 Å². The Morgan fingerprint density at radius 3 is 2.62 bits per heavy atom. The highest BCUT2D eigenvalue weighted by molar-refractivity contribution is 5.80. The standard InChI is InChI=1S/C12H22N2O2/c1-12(7-10(12)11(13)15)8-16-9-3-5-14(2)6-4-9/h9-10H,3-8H2,1-2H3,(H2,13,15). The van der Waals surface area contributed by atoms with Crippen molar-refractivity contribution in [3.63, 3.8) is 0 Å². The van der Waals surface area contributed by atoms with E-state index >= 15 is 0 Å². The first-order chi connectivity index (χ1) is 7.51. The number of nitrogens with two attached hydrogens (primary N) is 1. The van der Waals surface area contributed by atoms with E-state index < -0.39 is 0 Å². The van der Waals surface area contributed by atoms with E-state index in [-0.39, 0.29) is 17.2 Å². The zero-order valence-corrected chi connectivity index (χ0v) is 10.2. The molecule has 4 nitrogen and oxygen atoms in total. The van der Waals surface area contributed by atoms with E-state index in [1.165, 1.54) is 0 Å². The maximum absolute atomic E-state index is 11.0. The van der Waals surface area contributed by atoms with E-state index in [0.29, 0.717) is 12.7 Å². The molecule has 1 heterocycles. The minimum absolute atomic E-state index is 0.0230. The maximum Gasteiger partial charge on any atom is 0.221 e. The van der Waals surface area contributed by atoms with Gasteiger partial charge >= 0.3 is 0 Å². The molecule has 2 N–H and O–H groups in total. The summed E-state index contributed by atoms with van der Waals surface area (Å²) < 4.78 is 5.90. The van der Waals surface area contributed by atoms with E-state index in [9.17, 15) is 4.79 Å². The van der Waals surface area contributed by atoms with Gasteiger partial charge in [-0.2, -0.15) is 0 Å². The Morgan fingerprint density at radius 1 is 1.50 bits per heavy atom. The van der Waals surface area contributed by atoms with Crippen molar-refractivity contribution in [2.75, 3.05) is 26.7 Å². The zero-order valence-electron chi connectivity index (χ0n) is 10.2. The molecule has 92 valence electrons. The molecule has 0 radical (unpaired) electrons. The van der Waals surface area contributed by atoms with E-state index in [0.717, 1.165) is 32.4 Å². The zero-order chi connectivity index (χ0) is 11.8. The average Bonchev–Trinajstić information content (AvgIpc) is 2.91. The van der Waals surface area contributed by atoms with Crippen LogP contribution in [-0.2, 0) is 9.53 Å². The van der Waals surface area contributed by atoms with E-state index in [1.54, 1.807) is 0 Å². The Balaban J connectivity index is 1.71. The SMILES string of the molecule is CN1CCC(OCC2(C)CC2C(N)=O)CC1. The molecule has 2 unspecified atom stereocenters. The number of hydrogen-bond donors (Lipinski definition) is 1. The van der Waals surface area contributed by atoms with Crippen LogP contribution in [0.3, 0.4) is 0 Å². The van der Waals surface area contributed by atoms with Gasteiger partial charge in [0.05, 0.1) is 12.7 Å². The van der Waals surface area contributed by atoms with Crippen molar-refractivity contribution in [3.8, 4) is 0 Å². The lowest BCUT2D eigenvalue weighted by Gasteiger charge is -2.29. The molecule has 4 heteroatoms. The quantitative estimate of drug-likeness (QED) is 0.764. The van der Waals surface area contributed by atoms with Crippen LogP contribution >= 0.6 is 0 Å². The number of rotatable bonds is 4. The van der Waals surface area contributed by atoms with Gasteiger partial charge in [-0.25, -0.2) is 0 Å². The van der Waals surface area contributed by atoms with Gasteiger partial charge in [0.15, 0.2) is 0 Å². The number of hydrogen-bond acceptors (Lipinski definition) is 3. The van der Waals surface area contributed by atoms with Crippen molar-refractivity contribution >= 4 is 5.91 Å². The number of piperidine rings is 1. The molecule has 1 amide bonds. The van der Waals surface area contributed by atoms with Crippen LogP contribution in [0.15, 0.2) is 0 Å². The molecule has 1 aliphatic heterocycles. The van der Waals surface area contributed by atoms with Gasteiger partial charge in [0.25, 0.3) is 0 Å². The van der Waals surface area contributed by atoms with E-state index in [1.807, 2.05) is 0 Å². The first-order valence-electron chi connectivity index (χ1n) is 6.11. The summed E-state index contributed by atoms with van der Waals surface area (Å²) in [6.07, 6.45) is 3.48. The van der Waals surface area contributed by atoms with Gasteiger partial charge in [-0.15, -0.1) is 0 Å². The third kappa shape index (κ3) is 2.55. The lowest BCUT2D eigenvalue weighted by Crippen LogP contribution is -2.35. The van der Waals surface area contributed by atoms with Crippen molar-refractivity contribution in [2.45, 2.75) is 32.3 Å². The fourth-order valence-electron chi connectivity index (χ4n) is 2.47. The van der Waals surface area contributed by atoms with Gasteiger partial charge < -0.3 is 15.4 Å². The highest BCUT2D eigenvalue weighted by Gasteiger charge is 2.54. The normalized spacial score (nSPS) is 36.2. The number of amides is 1. The molecule has 2 atom stereocenters. The van der Waals surface area contributed by atoms with Gasteiger partial charge in [0, 0.05) is 24.4 Å². The Labute approximate surface area is 97.1 Å². The van der Waals surface area contributed by atoms with Crippen molar-refractivity contribution < 1.29 is 9.53 Å². The maximum atomic E-state index is 11.0. The van der Waals surface area contributed by atoms with Gasteiger partial charge in [-0.1, -0.05) is 6.92 Å². The lowest BCUT2D eigenvalue weighted by atomic mass is 10.1. The minimum atomic E-state index is -0.172. The molecule has 0 aromatic rings. The molecule has 16 heavy (non-hydrogen) atoms. The molecular formula is C12H22N2O2. The number of primary amides is 1. The van der Waals surface area contributed by atoms with Crippen molar-refractivity contribution in [1.82, 2.24) is 4.90 Å². The third-order valence-electron chi connectivity index (χ3n) is 4.01. The summed E-state index contributed by atoms with van der Waals surface area (Å²) in [5, 5.41) is 0. The Morgan fingerprint density at radius 2 is 2.12 bits per heavy atom. The molecule has 1 aliphatic carbocycles. The summed E-state index contributed by atoms with van der Waals surface area (Å²) >= 11 is 0. The number of ether oxygens (including phenoxy) is 1. The first kappa shape index (κ1) is 11.9. The Kier molecular flexibility index (Phi) is 3.22. The molecule has 2 rings (SSSR count). The summed E-state index contributed by atoms with van der Waals surface area (Å²) in [6.45, 7) is 5.01. The van der Waals surface area contributed by atoms with Gasteiger partial charge in [-0.05, 0) is 26.3 Å². The fraction of sp³-hybridized carbons (Fsp3) is 0.917. The summed E-state index contributed by atoms with van der Waals surface area (Å²) in [4.78, 5) is 13.4. The van der Waals surface area contributed by atoms with Crippen LogP contribution in [0.2, 0.25) is 0 Å². The molecule has 0 aromatic carbocycles. The Hall–Kier alpha value is -0.610. The monoisotopic (exact) mass is 226 g/mol. The number of carbonyl (C=O) groups is 1. The Bertz CT molecular complexity index is 274. The molecule has 2 aliphatic rings. The van der Waals surface area contributed by atoms with E-state index in [4.69, 9.17) is 10.5 Å². The molecule has 0 spiro atoms. The highest BCUT2D eigenvalue weighted by atomic mass is 16.5. The lowest BCUT2D eigenvalue weighted by molar-refractivity contribution is -0.120. The van der Waals surface area contributed by atoms with Gasteiger partial charge in [0.2, 0.25) is 5.91 Å². The molecule has 0 bridgehead atoms. The molecule has 1 saturated carbocycles. The fourth-order valence-corrected chi connectivity index (χ4v) is 2.47. The number of nitrogens with zero attached hydrogens (tertiary/aromatic N) is 1. The van der Waals surface area contributed by atoms with Crippen LogP contribution in [-0.4, -0.2) is 43.7 Å². The van der Waals surface area contributed by atoms with Gasteiger partial charge in [-0.3, -0.25) is 4.79 Å². The van der Waals surface area contributed by atoms with Crippen molar-refractivity contribution in [2.24, 2.45) is 17.1 Å². The minimum Gasteiger partial charge on any atom is -0.378 e. The average molecular weight is 226 g/mol. The predicted molar refractivity (Wildman–Crippen MR) is 61.9 cm³/mol. The van der Waals surface area contributed by atoms with Crippen LogP contribution in [0.5, 0.6) is 0 Å². The summed E-state index contributed by atoms with van der Waals surface area (Å²) in [7, 11) is 2.14. The summed E-state index contributed by atoms with van der Waals surface area (Å²) in [6, 6.07) is 0. The van der Waals surface area contributed by atoms with E-state index in [2.05, 4.69) is 18.9 Å². The van der Waals surface area contributed by atoms with Crippen molar-refractivity contribution in [1.29, 1.82) is 0 Å². The smallest absolute Gasteiger partial charge is 0.221 e. The number of carbonyl (C=O) groups excluding carboxylic acids is 1. The van der Waals surface area contributed by atoms with Gasteiger partial charge in [0.1, 0.15) is 0 Å². The second-order valence-corrected chi connectivity index (χ2v) is 5.63. The largest absolute Gasteiger partial charge is 0.378 e. The van der Waals surface area contributed by atoms with Crippen LogP contribution in [0, 0.1) is 11.3 Å². The molecular weight excluding hydrogens is 204 g/mol. The van der Waals surface area contributed by atoms with Crippen LogP contribution in [0.4, 0.5) is 0 Å². The second-order valence-electron chi connectivity index (χ2n) is 5.63. The van der Waals surface area contributed by atoms with Crippen LogP contribution in [0.1, 0.15) is 26.2 Å². The molecule has 0 aromatic heterocycles. The highest BCUT2D eigenvalue weighted by Crippen LogP contribution is 2.52. The summed E-state index contributed by atoms with van der Waals surface area (Å²) in [5.41, 5.74) is 5.32. The van der Waals surface area contributed by atoms with Crippen molar-refractivity contribution in [3.05, 3.63) is 0 Å². The third-order valence-corrected chi connectivity index (χ3v) is 4.01. The predicted octanol–water partition coefficient (Wildman–Crippen LogP) is 0.609. The van der Waals surface area contributed by atoms with Crippen LogP contribution in [0.25, 0.3) is 0 Å². The summed E-state index contributed by atoms with van der Waals surface area (Å²) in [5.74, 6) is -0.131. The molecule has 1 saturated heterocycles. The topological polar surface area (TPSA) is 55.6 Å².